The Morgan fingerprint density at radius 3 is 2.43 bits per heavy atom. The number of nitrogens with zero attached hydrogens (tertiary/aromatic N) is 2. The van der Waals surface area contributed by atoms with Crippen molar-refractivity contribution in [3.63, 3.8) is 0 Å². The van der Waals surface area contributed by atoms with E-state index in [1.807, 2.05) is 23.0 Å². The molecule has 0 saturated carbocycles. The van der Waals surface area contributed by atoms with E-state index in [9.17, 15) is 0 Å². The Balaban J connectivity index is 1.98. The maximum absolute atomic E-state index is 5.68. The normalized spacial score (nSPS) is 12.6. The fourth-order valence-electron chi connectivity index (χ4n) is 2.26. The Hall–Kier alpha value is -1.85. The minimum Gasteiger partial charge on any atom is -0.497 e. The van der Waals surface area contributed by atoms with Gasteiger partial charge in [-0.1, -0.05) is 12.1 Å². The monoisotopic (exact) mass is 288 g/mol. The van der Waals surface area contributed by atoms with Crippen molar-refractivity contribution in [1.82, 2.24) is 15.2 Å². The zero-order chi connectivity index (χ0) is 15.2. The molecule has 5 nitrogen and oxygen atoms in total. The van der Waals surface area contributed by atoms with Crippen molar-refractivity contribution in [2.75, 3.05) is 7.11 Å². The van der Waals surface area contributed by atoms with E-state index < -0.39 is 0 Å². The van der Waals surface area contributed by atoms with Crippen LogP contribution < -0.4 is 16.0 Å². The topological polar surface area (TPSA) is 65.1 Å². The first-order valence-electron chi connectivity index (χ1n) is 7.25. The van der Waals surface area contributed by atoms with Gasteiger partial charge in [-0.05, 0) is 44.0 Å². The van der Waals surface area contributed by atoms with Crippen molar-refractivity contribution < 1.29 is 4.74 Å². The number of nitrogens with two attached hydrogens (primary N) is 1. The molecular weight excluding hydrogens is 264 g/mol. The van der Waals surface area contributed by atoms with Gasteiger partial charge in [0.25, 0.3) is 0 Å². The summed E-state index contributed by atoms with van der Waals surface area (Å²) in [6.07, 6.45) is 3.68. The molecule has 1 atom stereocenters. The van der Waals surface area contributed by atoms with Crippen molar-refractivity contribution in [2.24, 2.45) is 5.84 Å². The quantitative estimate of drug-likeness (QED) is 0.605. The van der Waals surface area contributed by atoms with E-state index in [0.29, 0.717) is 6.04 Å². The lowest BCUT2D eigenvalue weighted by molar-refractivity contribution is 0.414. The minimum absolute atomic E-state index is 0.161. The molecule has 2 rings (SSSR count). The van der Waals surface area contributed by atoms with Gasteiger partial charge in [-0.2, -0.15) is 5.10 Å². The first kappa shape index (κ1) is 15.5. The van der Waals surface area contributed by atoms with E-state index in [4.69, 9.17) is 10.6 Å². The summed E-state index contributed by atoms with van der Waals surface area (Å²) < 4.78 is 7.14. The van der Waals surface area contributed by atoms with Crippen molar-refractivity contribution >= 4 is 0 Å². The van der Waals surface area contributed by atoms with E-state index in [-0.39, 0.29) is 6.04 Å². The van der Waals surface area contributed by atoms with E-state index in [1.165, 1.54) is 5.56 Å². The van der Waals surface area contributed by atoms with Crippen LogP contribution >= 0.6 is 0 Å². The maximum atomic E-state index is 5.68. The molecule has 0 saturated heterocycles. The van der Waals surface area contributed by atoms with Crippen molar-refractivity contribution in [1.29, 1.82) is 0 Å². The molecule has 5 heteroatoms. The number of ether oxygens (including phenoxy) is 1. The van der Waals surface area contributed by atoms with Crippen LogP contribution in [0, 0.1) is 0 Å². The highest BCUT2D eigenvalue weighted by molar-refractivity contribution is 5.27. The number of aromatic nitrogens is 2. The third-order valence-corrected chi connectivity index (χ3v) is 3.53. The molecule has 2 aromatic rings. The number of methoxy groups -OCH3 is 1. The van der Waals surface area contributed by atoms with Crippen LogP contribution in [0.5, 0.6) is 5.75 Å². The Morgan fingerprint density at radius 1 is 1.19 bits per heavy atom. The van der Waals surface area contributed by atoms with Gasteiger partial charge in [0.1, 0.15) is 5.75 Å². The van der Waals surface area contributed by atoms with Crippen LogP contribution in [0.25, 0.3) is 0 Å². The van der Waals surface area contributed by atoms with Gasteiger partial charge < -0.3 is 4.74 Å². The molecule has 0 aliphatic rings. The van der Waals surface area contributed by atoms with Crippen LogP contribution in [-0.2, 0) is 12.8 Å². The number of benzene rings is 1. The fourth-order valence-corrected chi connectivity index (χ4v) is 2.26. The summed E-state index contributed by atoms with van der Waals surface area (Å²) in [6.45, 7) is 4.24. The van der Waals surface area contributed by atoms with Gasteiger partial charge in [-0.25, -0.2) is 0 Å². The predicted octanol–water partition coefficient (Wildman–Crippen LogP) is 2.09. The molecule has 0 fully saturated rings. The summed E-state index contributed by atoms with van der Waals surface area (Å²) in [5, 5.41) is 4.57. The Kier molecular flexibility index (Phi) is 5.36. The third kappa shape index (κ3) is 4.31. The lowest BCUT2D eigenvalue weighted by Crippen LogP contribution is -2.38. The standard InChI is InChI=1S/C16H24N4O/c1-12(2)20-9-8-14(19-20)11-15(18-17)10-13-4-6-16(21-3)7-5-13/h4-9,12,15,18H,10-11,17H2,1-3H3. The van der Waals surface area contributed by atoms with Gasteiger partial charge in [-0.3, -0.25) is 16.0 Å². The first-order valence-corrected chi connectivity index (χ1v) is 7.25. The summed E-state index contributed by atoms with van der Waals surface area (Å²) in [5.41, 5.74) is 5.17. The molecule has 1 unspecified atom stereocenters. The molecular formula is C16H24N4O. The lowest BCUT2D eigenvalue weighted by Gasteiger charge is -2.15. The van der Waals surface area contributed by atoms with Crippen LogP contribution in [0.1, 0.15) is 31.1 Å². The zero-order valence-corrected chi connectivity index (χ0v) is 12.9. The van der Waals surface area contributed by atoms with E-state index >= 15 is 0 Å². The minimum atomic E-state index is 0.161. The molecule has 0 aliphatic carbocycles. The van der Waals surface area contributed by atoms with Crippen LogP contribution in [0.3, 0.4) is 0 Å². The SMILES string of the molecule is COc1ccc(CC(Cc2ccn(C(C)C)n2)NN)cc1. The van der Waals surface area contributed by atoms with E-state index in [0.717, 1.165) is 24.3 Å². The smallest absolute Gasteiger partial charge is 0.118 e. The number of rotatable bonds is 7. The van der Waals surface area contributed by atoms with E-state index in [2.05, 4.69) is 42.6 Å². The van der Waals surface area contributed by atoms with Crippen molar-refractivity contribution in [2.45, 2.75) is 38.8 Å². The second-order valence-corrected chi connectivity index (χ2v) is 5.50. The van der Waals surface area contributed by atoms with Gasteiger partial charge in [0, 0.05) is 24.7 Å². The average molecular weight is 288 g/mol. The van der Waals surface area contributed by atoms with E-state index in [1.54, 1.807) is 7.11 Å². The van der Waals surface area contributed by atoms with Crippen LogP contribution in [-0.4, -0.2) is 22.9 Å². The van der Waals surface area contributed by atoms with Gasteiger partial charge in [-0.15, -0.1) is 0 Å². The van der Waals surface area contributed by atoms with Gasteiger partial charge in [0.05, 0.1) is 12.8 Å². The van der Waals surface area contributed by atoms with Crippen LogP contribution in [0.2, 0.25) is 0 Å². The zero-order valence-electron chi connectivity index (χ0n) is 12.9. The summed E-state index contributed by atoms with van der Waals surface area (Å²) in [6, 6.07) is 10.7. The Morgan fingerprint density at radius 2 is 1.90 bits per heavy atom. The molecule has 0 spiro atoms. The molecule has 1 aromatic carbocycles. The molecule has 1 aromatic heterocycles. The molecule has 1 heterocycles. The average Bonchev–Trinajstić information content (AvgIpc) is 2.96. The summed E-state index contributed by atoms with van der Waals surface area (Å²) in [5.74, 6) is 6.55. The van der Waals surface area contributed by atoms with Crippen LogP contribution in [0.15, 0.2) is 36.5 Å². The largest absolute Gasteiger partial charge is 0.497 e. The Bertz CT molecular complexity index is 548. The van der Waals surface area contributed by atoms with Crippen molar-refractivity contribution in [3.8, 4) is 5.75 Å². The number of nitrogens with one attached hydrogen (secondary N) is 1. The highest BCUT2D eigenvalue weighted by Gasteiger charge is 2.11. The van der Waals surface area contributed by atoms with Gasteiger partial charge in [0.2, 0.25) is 0 Å². The second kappa shape index (κ2) is 7.24. The highest BCUT2D eigenvalue weighted by Crippen LogP contribution is 2.14. The lowest BCUT2D eigenvalue weighted by atomic mass is 10.0. The Labute approximate surface area is 126 Å². The molecule has 114 valence electrons. The van der Waals surface area contributed by atoms with Gasteiger partial charge >= 0.3 is 0 Å². The molecule has 21 heavy (non-hydrogen) atoms. The third-order valence-electron chi connectivity index (χ3n) is 3.53. The summed E-state index contributed by atoms with van der Waals surface area (Å²) in [4.78, 5) is 0. The molecule has 0 aliphatic heterocycles. The first-order chi connectivity index (χ1) is 10.1. The number of hydrazine groups is 1. The predicted molar refractivity (Wildman–Crippen MR) is 84.1 cm³/mol. The fraction of sp³-hybridized carbons (Fsp3) is 0.438. The molecule has 3 N–H and O–H groups in total. The number of hydrogen-bond acceptors (Lipinski definition) is 4. The maximum Gasteiger partial charge on any atom is 0.118 e. The highest BCUT2D eigenvalue weighted by atomic mass is 16.5. The second-order valence-electron chi connectivity index (χ2n) is 5.50. The summed E-state index contributed by atoms with van der Waals surface area (Å²) in [7, 11) is 1.67. The number of hydrogen-bond donors (Lipinski definition) is 2. The summed E-state index contributed by atoms with van der Waals surface area (Å²) >= 11 is 0. The molecule has 0 bridgehead atoms. The molecule has 0 radical (unpaired) electrons. The molecule has 0 amide bonds. The van der Waals surface area contributed by atoms with Crippen LogP contribution in [0.4, 0.5) is 0 Å². The van der Waals surface area contributed by atoms with Crippen molar-refractivity contribution in [3.05, 3.63) is 47.8 Å². The van der Waals surface area contributed by atoms with Gasteiger partial charge in [0.15, 0.2) is 0 Å².